The van der Waals surface area contributed by atoms with Gasteiger partial charge in [0.25, 0.3) is 0 Å². The molecule has 0 aliphatic rings. The SMILES string of the molecule is CCCC(OCC)C(CCc1cccs1)NN. The summed E-state index contributed by atoms with van der Waals surface area (Å²) >= 11 is 1.80. The van der Waals surface area contributed by atoms with Crippen molar-refractivity contribution >= 4 is 11.3 Å². The molecule has 2 atom stereocenters. The van der Waals surface area contributed by atoms with Crippen LogP contribution in [0, 0.1) is 0 Å². The zero-order valence-electron chi connectivity index (χ0n) is 10.8. The van der Waals surface area contributed by atoms with E-state index in [1.807, 2.05) is 6.92 Å². The highest BCUT2D eigenvalue weighted by Gasteiger charge is 2.19. The Labute approximate surface area is 108 Å². The van der Waals surface area contributed by atoms with E-state index in [1.54, 1.807) is 11.3 Å². The van der Waals surface area contributed by atoms with Crippen LogP contribution in [0.25, 0.3) is 0 Å². The summed E-state index contributed by atoms with van der Waals surface area (Å²) < 4.78 is 5.77. The Morgan fingerprint density at radius 3 is 2.76 bits per heavy atom. The quantitative estimate of drug-likeness (QED) is 0.527. The fraction of sp³-hybridized carbons (Fsp3) is 0.692. The minimum absolute atomic E-state index is 0.231. The van der Waals surface area contributed by atoms with Gasteiger partial charge in [-0.15, -0.1) is 11.3 Å². The summed E-state index contributed by atoms with van der Waals surface area (Å²) in [5.74, 6) is 5.65. The van der Waals surface area contributed by atoms with E-state index in [2.05, 4.69) is 29.9 Å². The topological polar surface area (TPSA) is 47.3 Å². The summed E-state index contributed by atoms with van der Waals surface area (Å²) in [5.41, 5.74) is 2.91. The van der Waals surface area contributed by atoms with Crippen LogP contribution in [0.15, 0.2) is 17.5 Å². The van der Waals surface area contributed by atoms with Gasteiger partial charge in [-0.25, -0.2) is 0 Å². The summed E-state index contributed by atoms with van der Waals surface area (Å²) in [5, 5.41) is 2.12. The first kappa shape index (κ1) is 14.6. The van der Waals surface area contributed by atoms with Gasteiger partial charge in [-0.3, -0.25) is 11.3 Å². The normalized spacial score (nSPS) is 14.8. The van der Waals surface area contributed by atoms with Gasteiger partial charge in [0.15, 0.2) is 0 Å². The second kappa shape index (κ2) is 8.64. The van der Waals surface area contributed by atoms with Crippen LogP contribution in [-0.2, 0) is 11.2 Å². The first-order valence-corrected chi connectivity index (χ1v) is 7.29. The average Bonchev–Trinajstić information content (AvgIpc) is 2.83. The summed E-state index contributed by atoms with van der Waals surface area (Å²) in [4.78, 5) is 1.41. The standard InChI is InChI=1S/C13H24N2OS/c1-3-6-13(16-4-2)12(15-14)9-8-11-7-5-10-17-11/h5,7,10,12-13,15H,3-4,6,8-9,14H2,1-2H3. The van der Waals surface area contributed by atoms with E-state index in [-0.39, 0.29) is 12.1 Å². The van der Waals surface area contributed by atoms with Gasteiger partial charge in [0.2, 0.25) is 0 Å². The Kier molecular flexibility index (Phi) is 7.44. The van der Waals surface area contributed by atoms with Crippen molar-refractivity contribution in [3.05, 3.63) is 22.4 Å². The first-order chi connectivity index (χ1) is 8.31. The predicted octanol–water partition coefficient (Wildman–Crippen LogP) is 2.72. The van der Waals surface area contributed by atoms with Crippen molar-refractivity contribution in [2.24, 2.45) is 5.84 Å². The molecule has 0 saturated heterocycles. The molecule has 0 saturated carbocycles. The third-order valence-corrected chi connectivity index (χ3v) is 3.83. The molecule has 0 radical (unpaired) electrons. The summed E-state index contributed by atoms with van der Waals surface area (Å²) in [7, 11) is 0. The summed E-state index contributed by atoms with van der Waals surface area (Å²) in [6, 6.07) is 4.52. The molecular weight excluding hydrogens is 232 g/mol. The number of hydrazine groups is 1. The number of aryl methyl sites for hydroxylation is 1. The minimum Gasteiger partial charge on any atom is -0.377 e. The molecule has 3 N–H and O–H groups in total. The smallest absolute Gasteiger partial charge is 0.0741 e. The van der Waals surface area contributed by atoms with Gasteiger partial charge in [0.05, 0.1) is 6.10 Å². The van der Waals surface area contributed by atoms with Crippen LogP contribution >= 0.6 is 11.3 Å². The molecule has 0 aliphatic heterocycles. The maximum absolute atomic E-state index is 5.77. The van der Waals surface area contributed by atoms with E-state index >= 15 is 0 Å². The van der Waals surface area contributed by atoms with Crippen molar-refractivity contribution in [2.45, 2.75) is 51.7 Å². The minimum atomic E-state index is 0.231. The average molecular weight is 256 g/mol. The Balaban J connectivity index is 2.43. The molecule has 0 fully saturated rings. The predicted molar refractivity (Wildman–Crippen MR) is 74.1 cm³/mol. The van der Waals surface area contributed by atoms with E-state index < -0.39 is 0 Å². The van der Waals surface area contributed by atoms with Gasteiger partial charge < -0.3 is 4.74 Å². The molecule has 0 aromatic carbocycles. The Morgan fingerprint density at radius 2 is 2.24 bits per heavy atom. The third kappa shape index (κ3) is 5.17. The molecule has 0 aliphatic carbocycles. The van der Waals surface area contributed by atoms with Crippen LogP contribution in [0.3, 0.4) is 0 Å². The lowest BCUT2D eigenvalue weighted by Crippen LogP contribution is -2.45. The molecule has 0 spiro atoms. The maximum Gasteiger partial charge on any atom is 0.0741 e. The molecule has 4 heteroatoms. The largest absolute Gasteiger partial charge is 0.377 e. The highest BCUT2D eigenvalue weighted by molar-refractivity contribution is 7.09. The van der Waals surface area contributed by atoms with Crippen LogP contribution < -0.4 is 11.3 Å². The van der Waals surface area contributed by atoms with Gasteiger partial charge in [-0.05, 0) is 37.6 Å². The Bertz CT molecular complexity index is 271. The zero-order valence-corrected chi connectivity index (χ0v) is 11.6. The molecule has 17 heavy (non-hydrogen) atoms. The lowest BCUT2D eigenvalue weighted by molar-refractivity contribution is 0.0260. The van der Waals surface area contributed by atoms with Gasteiger partial charge in [0, 0.05) is 17.5 Å². The highest BCUT2D eigenvalue weighted by atomic mass is 32.1. The van der Waals surface area contributed by atoms with Crippen molar-refractivity contribution in [3.8, 4) is 0 Å². The van der Waals surface area contributed by atoms with Crippen LogP contribution in [0.5, 0.6) is 0 Å². The molecule has 0 amide bonds. The van der Waals surface area contributed by atoms with Gasteiger partial charge in [-0.2, -0.15) is 0 Å². The summed E-state index contributed by atoms with van der Waals surface area (Å²) in [6.07, 6.45) is 4.52. The monoisotopic (exact) mass is 256 g/mol. The van der Waals surface area contributed by atoms with Crippen LogP contribution in [0.4, 0.5) is 0 Å². The molecule has 1 aromatic heterocycles. The lowest BCUT2D eigenvalue weighted by atomic mass is 10.0. The molecule has 98 valence electrons. The number of hydrogen-bond acceptors (Lipinski definition) is 4. The Hall–Kier alpha value is -0.420. The van der Waals surface area contributed by atoms with Crippen LogP contribution in [-0.4, -0.2) is 18.8 Å². The van der Waals surface area contributed by atoms with Crippen molar-refractivity contribution in [1.82, 2.24) is 5.43 Å². The number of hydrogen-bond donors (Lipinski definition) is 2. The maximum atomic E-state index is 5.77. The molecular formula is C13H24N2OS. The van der Waals surface area contributed by atoms with E-state index in [1.165, 1.54) is 4.88 Å². The number of rotatable bonds is 9. The number of ether oxygens (including phenoxy) is 1. The fourth-order valence-corrected chi connectivity index (χ4v) is 2.75. The van der Waals surface area contributed by atoms with Gasteiger partial charge >= 0.3 is 0 Å². The van der Waals surface area contributed by atoms with E-state index in [4.69, 9.17) is 10.6 Å². The molecule has 0 bridgehead atoms. The van der Waals surface area contributed by atoms with E-state index in [0.29, 0.717) is 0 Å². The number of thiophene rings is 1. The second-order valence-corrected chi connectivity index (χ2v) is 5.21. The van der Waals surface area contributed by atoms with Gasteiger partial charge in [-0.1, -0.05) is 19.4 Å². The number of nitrogens with two attached hydrogens (primary N) is 1. The summed E-state index contributed by atoms with van der Waals surface area (Å²) in [6.45, 7) is 4.97. The fourth-order valence-electron chi connectivity index (χ4n) is 2.03. The second-order valence-electron chi connectivity index (χ2n) is 4.17. The molecule has 3 nitrogen and oxygen atoms in total. The van der Waals surface area contributed by atoms with Gasteiger partial charge in [0.1, 0.15) is 0 Å². The van der Waals surface area contributed by atoms with Crippen LogP contribution in [0.1, 0.15) is 38.0 Å². The number of nitrogens with one attached hydrogen (secondary N) is 1. The van der Waals surface area contributed by atoms with Crippen molar-refractivity contribution in [1.29, 1.82) is 0 Å². The molecule has 1 aromatic rings. The highest BCUT2D eigenvalue weighted by Crippen LogP contribution is 2.16. The lowest BCUT2D eigenvalue weighted by Gasteiger charge is -2.26. The zero-order chi connectivity index (χ0) is 12.5. The van der Waals surface area contributed by atoms with Crippen molar-refractivity contribution < 1.29 is 4.74 Å². The van der Waals surface area contributed by atoms with E-state index in [9.17, 15) is 0 Å². The van der Waals surface area contributed by atoms with Crippen molar-refractivity contribution in [2.75, 3.05) is 6.61 Å². The van der Waals surface area contributed by atoms with Crippen molar-refractivity contribution in [3.63, 3.8) is 0 Å². The van der Waals surface area contributed by atoms with Crippen LogP contribution in [0.2, 0.25) is 0 Å². The Morgan fingerprint density at radius 1 is 1.41 bits per heavy atom. The van der Waals surface area contributed by atoms with E-state index in [0.717, 1.165) is 32.3 Å². The molecule has 1 rings (SSSR count). The first-order valence-electron chi connectivity index (χ1n) is 6.41. The molecule has 1 heterocycles. The molecule has 2 unspecified atom stereocenters. The third-order valence-electron chi connectivity index (χ3n) is 2.90.